The summed E-state index contributed by atoms with van der Waals surface area (Å²) in [5, 5.41) is 10.4. The van der Waals surface area contributed by atoms with Gasteiger partial charge in [0, 0.05) is 26.1 Å². The number of aliphatic hydroxyl groups is 1. The number of esters is 1. The van der Waals surface area contributed by atoms with E-state index in [1.807, 2.05) is 43.3 Å². The molecule has 0 saturated carbocycles. The SMILES string of the molecule is CCCC(=O)OCC(O)CN(Cc1ccccc1)Cc1ccc2c(c1)OCO2. The Kier molecular flexibility index (Phi) is 7.28. The Morgan fingerprint density at radius 2 is 1.86 bits per heavy atom. The quantitative estimate of drug-likeness (QED) is 0.634. The minimum absolute atomic E-state index is 0.00522. The number of ether oxygens (including phenoxy) is 3. The Balaban J connectivity index is 1.63. The van der Waals surface area contributed by atoms with Gasteiger partial charge in [0.1, 0.15) is 12.7 Å². The summed E-state index contributed by atoms with van der Waals surface area (Å²) in [6.07, 6.45) is 0.357. The number of nitrogens with zero attached hydrogens (tertiary/aromatic N) is 1. The first-order chi connectivity index (χ1) is 13.6. The summed E-state index contributed by atoms with van der Waals surface area (Å²) in [5.41, 5.74) is 2.22. The molecule has 0 fully saturated rings. The van der Waals surface area contributed by atoms with Gasteiger partial charge in [-0.05, 0) is 29.7 Å². The summed E-state index contributed by atoms with van der Waals surface area (Å²) in [5.74, 6) is 1.22. The van der Waals surface area contributed by atoms with Crippen LogP contribution in [0, 0.1) is 0 Å². The van der Waals surface area contributed by atoms with Crippen molar-refractivity contribution < 1.29 is 24.1 Å². The molecular weight excluding hydrogens is 358 g/mol. The van der Waals surface area contributed by atoms with E-state index in [1.54, 1.807) is 0 Å². The van der Waals surface area contributed by atoms with Crippen LogP contribution in [0.4, 0.5) is 0 Å². The number of benzene rings is 2. The molecule has 6 heteroatoms. The Labute approximate surface area is 165 Å². The van der Waals surface area contributed by atoms with Gasteiger partial charge in [-0.25, -0.2) is 0 Å². The van der Waals surface area contributed by atoms with Gasteiger partial charge in [-0.1, -0.05) is 43.3 Å². The second kappa shape index (κ2) is 10.1. The number of carbonyl (C=O) groups is 1. The number of rotatable bonds is 10. The van der Waals surface area contributed by atoms with Gasteiger partial charge >= 0.3 is 5.97 Å². The molecule has 0 aromatic heterocycles. The molecule has 1 aliphatic rings. The summed E-state index contributed by atoms with van der Waals surface area (Å²) in [4.78, 5) is 13.7. The topological polar surface area (TPSA) is 68.2 Å². The number of hydrogen-bond acceptors (Lipinski definition) is 6. The highest BCUT2D eigenvalue weighted by molar-refractivity contribution is 5.69. The lowest BCUT2D eigenvalue weighted by Crippen LogP contribution is -2.34. The number of aliphatic hydroxyl groups excluding tert-OH is 1. The molecule has 0 radical (unpaired) electrons. The predicted octanol–water partition coefficient (Wildman–Crippen LogP) is 3.12. The maximum Gasteiger partial charge on any atom is 0.305 e. The average molecular weight is 385 g/mol. The molecule has 1 heterocycles. The highest BCUT2D eigenvalue weighted by Gasteiger charge is 2.18. The number of fused-ring (bicyclic) bond motifs is 1. The molecule has 2 aromatic carbocycles. The third kappa shape index (κ3) is 5.97. The van der Waals surface area contributed by atoms with E-state index < -0.39 is 6.10 Å². The Hall–Kier alpha value is -2.57. The van der Waals surface area contributed by atoms with Gasteiger partial charge in [-0.15, -0.1) is 0 Å². The van der Waals surface area contributed by atoms with Crippen molar-refractivity contribution in [1.82, 2.24) is 4.90 Å². The van der Waals surface area contributed by atoms with Crippen molar-refractivity contribution in [2.45, 2.75) is 39.0 Å². The molecule has 1 unspecified atom stereocenters. The summed E-state index contributed by atoms with van der Waals surface area (Å²) >= 11 is 0. The predicted molar refractivity (Wildman–Crippen MR) is 105 cm³/mol. The summed E-state index contributed by atoms with van der Waals surface area (Å²) in [6, 6.07) is 16.0. The van der Waals surface area contributed by atoms with E-state index >= 15 is 0 Å². The van der Waals surface area contributed by atoms with Crippen LogP contribution < -0.4 is 9.47 Å². The van der Waals surface area contributed by atoms with Crippen molar-refractivity contribution in [3.05, 3.63) is 59.7 Å². The minimum Gasteiger partial charge on any atom is -0.463 e. The van der Waals surface area contributed by atoms with Gasteiger partial charge in [0.05, 0.1) is 0 Å². The summed E-state index contributed by atoms with van der Waals surface area (Å²) in [6.45, 7) is 3.87. The third-order valence-electron chi connectivity index (χ3n) is 4.45. The fourth-order valence-corrected chi connectivity index (χ4v) is 3.14. The molecule has 0 saturated heterocycles. The van der Waals surface area contributed by atoms with E-state index in [0.717, 1.165) is 29.0 Å². The molecule has 0 spiro atoms. The second-order valence-electron chi connectivity index (χ2n) is 6.93. The first-order valence-corrected chi connectivity index (χ1v) is 9.62. The lowest BCUT2D eigenvalue weighted by Gasteiger charge is -2.25. The van der Waals surface area contributed by atoms with Crippen molar-refractivity contribution in [2.75, 3.05) is 19.9 Å². The van der Waals surface area contributed by atoms with E-state index in [0.29, 0.717) is 26.1 Å². The van der Waals surface area contributed by atoms with Crippen LogP contribution in [0.15, 0.2) is 48.5 Å². The second-order valence-corrected chi connectivity index (χ2v) is 6.93. The van der Waals surface area contributed by atoms with Crippen molar-refractivity contribution in [3.63, 3.8) is 0 Å². The van der Waals surface area contributed by atoms with Gasteiger partial charge < -0.3 is 19.3 Å². The molecular formula is C22H27NO5. The molecule has 1 aliphatic heterocycles. The molecule has 28 heavy (non-hydrogen) atoms. The molecule has 2 aromatic rings. The van der Waals surface area contributed by atoms with Crippen LogP contribution in [0.1, 0.15) is 30.9 Å². The van der Waals surface area contributed by atoms with Crippen molar-refractivity contribution in [1.29, 1.82) is 0 Å². The third-order valence-corrected chi connectivity index (χ3v) is 4.45. The zero-order chi connectivity index (χ0) is 19.8. The van der Waals surface area contributed by atoms with Gasteiger partial charge in [0.25, 0.3) is 0 Å². The van der Waals surface area contributed by atoms with E-state index in [-0.39, 0.29) is 19.4 Å². The molecule has 150 valence electrons. The molecule has 0 amide bonds. The standard InChI is InChI=1S/C22H27NO5/c1-2-6-22(25)26-15-19(24)14-23(12-17-7-4-3-5-8-17)13-18-9-10-20-21(11-18)28-16-27-20/h3-5,7-11,19,24H,2,6,12-16H2,1H3. The fourth-order valence-electron chi connectivity index (χ4n) is 3.14. The largest absolute Gasteiger partial charge is 0.463 e. The summed E-state index contributed by atoms with van der Waals surface area (Å²) in [7, 11) is 0. The molecule has 1 atom stereocenters. The first kappa shape index (κ1) is 20.2. The molecule has 3 rings (SSSR count). The van der Waals surface area contributed by atoms with Gasteiger partial charge in [0.15, 0.2) is 11.5 Å². The summed E-state index contributed by atoms with van der Waals surface area (Å²) < 4.78 is 16.0. The average Bonchev–Trinajstić information content (AvgIpc) is 3.15. The zero-order valence-electron chi connectivity index (χ0n) is 16.2. The zero-order valence-corrected chi connectivity index (χ0v) is 16.2. The van der Waals surface area contributed by atoms with Crippen molar-refractivity contribution in [2.24, 2.45) is 0 Å². The van der Waals surface area contributed by atoms with Crippen LogP contribution in [-0.4, -0.2) is 42.0 Å². The van der Waals surface area contributed by atoms with Crippen molar-refractivity contribution in [3.8, 4) is 11.5 Å². The van der Waals surface area contributed by atoms with Crippen LogP contribution in [-0.2, 0) is 22.6 Å². The van der Waals surface area contributed by atoms with E-state index in [9.17, 15) is 9.90 Å². The van der Waals surface area contributed by atoms with E-state index in [1.165, 1.54) is 0 Å². The van der Waals surface area contributed by atoms with Crippen LogP contribution in [0.25, 0.3) is 0 Å². The maximum atomic E-state index is 11.6. The van der Waals surface area contributed by atoms with Crippen LogP contribution in [0.5, 0.6) is 11.5 Å². The lowest BCUT2D eigenvalue weighted by molar-refractivity contribution is -0.147. The van der Waals surface area contributed by atoms with Gasteiger partial charge in [0.2, 0.25) is 6.79 Å². The minimum atomic E-state index is -0.751. The Morgan fingerprint density at radius 3 is 2.64 bits per heavy atom. The Morgan fingerprint density at radius 1 is 1.11 bits per heavy atom. The van der Waals surface area contributed by atoms with Crippen LogP contribution in [0.3, 0.4) is 0 Å². The van der Waals surface area contributed by atoms with Gasteiger partial charge in [-0.2, -0.15) is 0 Å². The highest BCUT2D eigenvalue weighted by atomic mass is 16.7. The highest BCUT2D eigenvalue weighted by Crippen LogP contribution is 2.32. The monoisotopic (exact) mass is 385 g/mol. The van der Waals surface area contributed by atoms with Crippen LogP contribution in [0.2, 0.25) is 0 Å². The molecule has 0 bridgehead atoms. The molecule has 6 nitrogen and oxygen atoms in total. The Bertz CT molecular complexity index is 765. The van der Waals surface area contributed by atoms with Crippen molar-refractivity contribution >= 4 is 5.97 Å². The van der Waals surface area contributed by atoms with E-state index in [4.69, 9.17) is 14.2 Å². The van der Waals surface area contributed by atoms with Crippen LogP contribution >= 0.6 is 0 Å². The van der Waals surface area contributed by atoms with E-state index in [2.05, 4.69) is 17.0 Å². The van der Waals surface area contributed by atoms with Gasteiger partial charge in [-0.3, -0.25) is 9.69 Å². The molecule has 0 aliphatic carbocycles. The lowest BCUT2D eigenvalue weighted by atomic mass is 10.1. The molecule has 1 N–H and O–H groups in total. The normalized spacial score (nSPS) is 13.5. The fraction of sp³-hybridized carbons (Fsp3) is 0.409. The number of carbonyl (C=O) groups excluding carboxylic acids is 1. The first-order valence-electron chi connectivity index (χ1n) is 9.62. The smallest absolute Gasteiger partial charge is 0.305 e. The maximum absolute atomic E-state index is 11.6. The number of hydrogen-bond donors (Lipinski definition) is 1.